The number of aliphatic hydroxyl groups is 2. The summed E-state index contributed by atoms with van der Waals surface area (Å²) in [6.07, 6.45) is 8.10. The van der Waals surface area contributed by atoms with Crippen LogP contribution >= 0.6 is 0 Å². The number of carboxylic acids is 1. The third-order valence-electron chi connectivity index (χ3n) is 12.7. The quantitative estimate of drug-likeness (QED) is 0.236. The van der Waals surface area contributed by atoms with Gasteiger partial charge in [0, 0.05) is 18.5 Å². The minimum Gasteiger partial charge on any atom is -0.480 e. The molecule has 0 heterocycles. The first-order chi connectivity index (χ1) is 20.8. The van der Waals surface area contributed by atoms with Crippen molar-refractivity contribution in [1.29, 1.82) is 0 Å². The van der Waals surface area contributed by atoms with Gasteiger partial charge in [-0.25, -0.2) is 9.18 Å². The lowest BCUT2D eigenvalue weighted by molar-refractivity contribution is -0.174. The standard InChI is InChI=1S/C35H51FN2O6/c1-20(4-12-31(42)38-28(33(43)44)11-13-30(41)37-23-7-5-22(36)6-8-23)25-9-10-26-32-27(15-17-35(25,26)3)34(2)16-14-24(39)18-21(34)19-29(32)40/h5-8,20-21,24-29,32,39-40H,4,9-19H2,1-3H3,(H,37,41)(H,38,42)(H,43,44)/t20-,21+,24-,25-,26+,27+,28+,29-,32+,34+,35-/m1/s1. The molecule has 0 aliphatic heterocycles. The number of halogens is 1. The molecule has 0 bridgehead atoms. The Morgan fingerprint density at radius 2 is 1.57 bits per heavy atom. The number of nitrogens with one attached hydrogen (secondary N) is 2. The second kappa shape index (κ2) is 13.1. The van der Waals surface area contributed by atoms with Crippen LogP contribution in [-0.2, 0) is 14.4 Å². The SMILES string of the molecule is C[C@H](CCC(=O)N[C@@H](CCC(=O)Nc1ccc(F)cc1)C(=O)O)[C@H]1CC[C@H]2[C@@H]3[C@H](O)C[C@@H]4C[C@H](O)CC[C@]4(C)[C@H]3CC[C@]12C. The smallest absolute Gasteiger partial charge is 0.326 e. The number of aliphatic carboxylic acids is 1. The van der Waals surface area contributed by atoms with Gasteiger partial charge in [0.1, 0.15) is 11.9 Å². The Kier molecular flexibility index (Phi) is 9.76. The van der Waals surface area contributed by atoms with E-state index in [4.69, 9.17) is 0 Å². The first kappa shape index (κ1) is 32.9. The highest BCUT2D eigenvalue weighted by molar-refractivity contribution is 5.91. The van der Waals surface area contributed by atoms with Crippen LogP contribution in [0.2, 0.25) is 0 Å². The Morgan fingerprint density at radius 1 is 0.909 bits per heavy atom. The number of anilines is 1. The number of rotatable bonds is 10. The molecule has 1 aromatic carbocycles. The van der Waals surface area contributed by atoms with Crippen molar-refractivity contribution >= 4 is 23.5 Å². The van der Waals surface area contributed by atoms with Crippen molar-refractivity contribution in [2.45, 2.75) is 116 Å². The summed E-state index contributed by atoms with van der Waals surface area (Å²) in [6.45, 7) is 7.04. The molecule has 11 atom stereocenters. The molecule has 0 aromatic heterocycles. The molecular weight excluding hydrogens is 563 g/mol. The van der Waals surface area contributed by atoms with Crippen LogP contribution in [0.3, 0.4) is 0 Å². The second-order valence-corrected chi connectivity index (χ2v) is 15.0. The average molecular weight is 615 g/mol. The van der Waals surface area contributed by atoms with Crippen LogP contribution in [0.25, 0.3) is 0 Å². The topological polar surface area (TPSA) is 136 Å². The maximum atomic E-state index is 13.1. The molecule has 4 saturated carbocycles. The monoisotopic (exact) mass is 614 g/mol. The minimum absolute atomic E-state index is 0.0460. The number of benzene rings is 1. The molecule has 9 heteroatoms. The molecule has 4 fully saturated rings. The van der Waals surface area contributed by atoms with E-state index in [1.165, 1.54) is 24.3 Å². The number of carbonyl (C=O) groups excluding carboxylic acids is 2. The van der Waals surface area contributed by atoms with Gasteiger partial charge < -0.3 is 26.0 Å². The number of carboxylic acid groups (broad SMARTS) is 1. The summed E-state index contributed by atoms with van der Waals surface area (Å²) in [4.78, 5) is 37.0. The molecule has 0 spiro atoms. The van der Waals surface area contributed by atoms with Gasteiger partial charge in [-0.05, 0) is 135 Å². The van der Waals surface area contributed by atoms with Crippen LogP contribution in [0.5, 0.6) is 0 Å². The molecule has 5 N–H and O–H groups in total. The van der Waals surface area contributed by atoms with Gasteiger partial charge in [0.15, 0.2) is 0 Å². The summed E-state index contributed by atoms with van der Waals surface area (Å²) < 4.78 is 13.1. The lowest BCUT2D eigenvalue weighted by Gasteiger charge is -2.62. The largest absolute Gasteiger partial charge is 0.480 e. The van der Waals surface area contributed by atoms with Gasteiger partial charge in [0.25, 0.3) is 0 Å². The molecule has 0 unspecified atom stereocenters. The zero-order valence-corrected chi connectivity index (χ0v) is 26.4. The molecular formula is C35H51FN2O6. The van der Waals surface area contributed by atoms with Crippen molar-refractivity contribution in [3.63, 3.8) is 0 Å². The number of hydrogen-bond acceptors (Lipinski definition) is 5. The third kappa shape index (κ3) is 6.55. The van der Waals surface area contributed by atoms with Gasteiger partial charge in [-0.3, -0.25) is 9.59 Å². The Morgan fingerprint density at radius 3 is 2.27 bits per heavy atom. The van der Waals surface area contributed by atoms with Crippen LogP contribution in [-0.4, -0.2) is 51.4 Å². The molecule has 4 aliphatic carbocycles. The summed E-state index contributed by atoms with van der Waals surface area (Å²) in [6, 6.07) is 4.15. The van der Waals surface area contributed by atoms with Crippen LogP contribution < -0.4 is 10.6 Å². The Balaban J connectivity index is 1.13. The molecule has 5 rings (SSSR count). The fraction of sp³-hybridized carbons (Fsp3) is 0.743. The van der Waals surface area contributed by atoms with Gasteiger partial charge >= 0.3 is 5.97 Å². The van der Waals surface area contributed by atoms with Gasteiger partial charge in [-0.1, -0.05) is 20.8 Å². The summed E-state index contributed by atoms with van der Waals surface area (Å²) in [5, 5.41) is 36.7. The van der Waals surface area contributed by atoms with Gasteiger partial charge in [0.2, 0.25) is 11.8 Å². The number of aliphatic hydroxyl groups excluding tert-OH is 2. The highest BCUT2D eigenvalue weighted by Gasteiger charge is 2.62. The van der Waals surface area contributed by atoms with E-state index in [1.807, 2.05) is 0 Å². The van der Waals surface area contributed by atoms with Gasteiger partial charge in [0.05, 0.1) is 12.2 Å². The van der Waals surface area contributed by atoms with Crippen molar-refractivity contribution in [1.82, 2.24) is 5.32 Å². The number of hydrogen-bond donors (Lipinski definition) is 5. The van der Waals surface area contributed by atoms with E-state index >= 15 is 0 Å². The van der Waals surface area contributed by atoms with E-state index in [0.29, 0.717) is 41.7 Å². The number of fused-ring (bicyclic) bond motifs is 5. The van der Waals surface area contributed by atoms with Crippen molar-refractivity contribution in [2.24, 2.45) is 46.3 Å². The van der Waals surface area contributed by atoms with E-state index in [1.54, 1.807) is 0 Å². The summed E-state index contributed by atoms with van der Waals surface area (Å²) in [5.41, 5.74) is 0.716. The van der Waals surface area contributed by atoms with Crippen LogP contribution in [0.4, 0.5) is 10.1 Å². The molecule has 2 amide bonds. The summed E-state index contributed by atoms with van der Waals surface area (Å²) in [7, 11) is 0. The first-order valence-corrected chi connectivity index (χ1v) is 16.8. The van der Waals surface area contributed by atoms with E-state index < -0.39 is 23.7 Å². The third-order valence-corrected chi connectivity index (χ3v) is 12.7. The maximum Gasteiger partial charge on any atom is 0.326 e. The highest BCUT2D eigenvalue weighted by Crippen LogP contribution is 2.68. The number of amides is 2. The van der Waals surface area contributed by atoms with Gasteiger partial charge in [-0.15, -0.1) is 0 Å². The van der Waals surface area contributed by atoms with Crippen molar-refractivity contribution in [3.05, 3.63) is 30.1 Å². The Hall–Kier alpha value is -2.52. The Bertz CT molecular complexity index is 1210. The maximum absolute atomic E-state index is 13.1. The second-order valence-electron chi connectivity index (χ2n) is 15.0. The zero-order chi connectivity index (χ0) is 31.8. The molecule has 1 aromatic rings. The van der Waals surface area contributed by atoms with Crippen LogP contribution in [0.15, 0.2) is 24.3 Å². The lowest BCUT2D eigenvalue weighted by atomic mass is 9.43. The highest BCUT2D eigenvalue weighted by atomic mass is 19.1. The number of carbonyl (C=O) groups is 3. The predicted octanol–water partition coefficient (Wildman–Crippen LogP) is 5.52. The fourth-order valence-corrected chi connectivity index (χ4v) is 10.3. The summed E-state index contributed by atoms with van der Waals surface area (Å²) >= 11 is 0. The fourth-order valence-electron chi connectivity index (χ4n) is 10.3. The Labute approximate surface area is 260 Å². The average Bonchev–Trinajstić information content (AvgIpc) is 3.33. The molecule has 0 radical (unpaired) electrons. The molecule has 8 nitrogen and oxygen atoms in total. The van der Waals surface area contributed by atoms with Crippen molar-refractivity contribution in [2.75, 3.05) is 5.32 Å². The van der Waals surface area contributed by atoms with E-state index in [9.17, 15) is 34.1 Å². The molecule has 44 heavy (non-hydrogen) atoms. The van der Waals surface area contributed by atoms with Crippen molar-refractivity contribution < 1.29 is 34.1 Å². The van der Waals surface area contributed by atoms with E-state index in [2.05, 4.69) is 31.4 Å². The van der Waals surface area contributed by atoms with Crippen LogP contribution in [0, 0.1) is 52.2 Å². The molecule has 244 valence electrons. The van der Waals surface area contributed by atoms with E-state index in [0.717, 1.165) is 51.4 Å². The first-order valence-electron chi connectivity index (χ1n) is 16.8. The summed E-state index contributed by atoms with van der Waals surface area (Å²) in [5.74, 6) is 0.0274. The normalized spacial score (nSPS) is 37.5. The lowest BCUT2D eigenvalue weighted by Crippen LogP contribution is -2.58. The van der Waals surface area contributed by atoms with Gasteiger partial charge in [-0.2, -0.15) is 0 Å². The van der Waals surface area contributed by atoms with Crippen molar-refractivity contribution in [3.8, 4) is 0 Å². The zero-order valence-electron chi connectivity index (χ0n) is 26.4. The van der Waals surface area contributed by atoms with E-state index in [-0.39, 0.29) is 54.1 Å². The van der Waals surface area contributed by atoms with Crippen LogP contribution in [0.1, 0.15) is 97.8 Å². The molecule has 4 aliphatic rings. The molecule has 0 saturated heterocycles. The minimum atomic E-state index is -1.18. The predicted molar refractivity (Wildman–Crippen MR) is 165 cm³/mol.